The second-order valence-electron chi connectivity index (χ2n) is 4.51. The third-order valence-electron chi connectivity index (χ3n) is 3.23. The van der Waals surface area contributed by atoms with Crippen LogP contribution >= 0.6 is 0 Å². The fourth-order valence-electron chi connectivity index (χ4n) is 2.21. The van der Waals surface area contributed by atoms with Crippen LogP contribution in [0.3, 0.4) is 0 Å². The van der Waals surface area contributed by atoms with E-state index in [4.69, 9.17) is 4.42 Å². The Kier molecular flexibility index (Phi) is 4.00. The van der Waals surface area contributed by atoms with Crippen molar-refractivity contribution in [3.05, 3.63) is 58.5 Å². The maximum absolute atomic E-state index is 14.2. The van der Waals surface area contributed by atoms with Crippen molar-refractivity contribution in [2.24, 2.45) is 0 Å². The average molecular weight is 265 g/mol. The summed E-state index contributed by atoms with van der Waals surface area (Å²) in [6.07, 6.45) is 1.53. The van der Waals surface area contributed by atoms with Gasteiger partial charge in [0.1, 0.15) is 17.4 Å². The van der Waals surface area contributed by atoms with Crippen LogP contribution < -0.4 is 5.32 Å². The summed E-state index contributed by atoms with van der Waals surface area (Å²) in [6, 6.07) is 3.94. The highest BCUT2D eigenvalue weighted by atomic mass is 19.1. The fourth-order valence-corrected chi connectivity index (χ4v) is 2.21. The van der Waals surface area contributed by atoms with Gasteiger partial charge in [0.05, 0.1) is 12.3 Å². The third-order valence-corrected chi connectivity index (χ3v) is 3.23. The zero-order valence-corrected chi connectivity index (χ0v) is 11.3. The van der Waals surface area contributed by atoms with Gasteiger partial charge in [-0.3, -0.25) is 0 Å². The molecule has 0 saturated heterocycles. The summed E-state index contributed by atoms with van der Waals surface area (Å²) in [4.78, 5) is 0. The molecule has 19 heavy (non-hydrogen) atoms. The molecule has 1 N–H and O–H groups in total. The van der Waals surface area contributed by atoms with E-state index in [1.54, 1.807) is 19.9 Å². The first-order chi connectivity index (χ1) is 9.06. The molecule has 0 saturated carbocycles. The maximum Gasteiger partial charge on any atom is 0.134 e. The number of nitrogens with one attached hydrogen (secondary N) is 1. The molecule has 1 heterocycles. The topological polar surface area (TPSA) is 25.2 Å². The summed E-state index contributed by atoms with van der Waals surface area (Å²) in [7, 11) is 0. The Labute approximate surface area is 111 Å². The molecule has 0 radical (unpaired) electrons. The zero-order chi connectivity index (χ0) is 14.0. The van der Waals surface area contributed by atoms with Gasteiger partial charge in [-0.15, -0.1) is 0 Å². The molecule has 1 unspecified atom stereocenters. The van der Waals surface area contributed by atoms with Gasteiger partial charge < -0.3 is 9.73 Å². The molecule has 0 aliphatic rings. The quantitative estimate of drug-likeness (QED) is 0.907. The van der Waals surface area contributed by atoms with Crippen molar-refractivity contribution < 1.29 is 13.2 Å². The number of furan rings is 1. The SMILES string of the molecule is CCNC(c1ccoc1C)c1c(F)ccc(C)c1F. The largest absolute Gasteiger partial charge is 0.469 e. The van der Waals surface area contributed by atoms with Crippen molar-refractivity contribution >= 4 is 0 Å². The van der Waals surface area contributed by atoms with Crippen LogP contribution in [0.1, 0.15) is 35.4 Å². The van der Waals surface area contributed by atoms with Crippen LogP contribution in [0.25, 0.3) is 0 Å². The minimum atomic E-state index is -0.547. The Bertz CT molecular complexity index is 578. The molecule has 0 aliphatic carbocycles. The summed E-state index contributed by atoms with van der Waals surface area (Å²) in [6.45, 7) is 5.91. The third kappa shape index (κ3) is 2.54. The minimum absolute atomic E-state index is 0.0475. The van der Waals surface area contributed by atoms with E-state index in [-0.39, 0.29) is 5.56 Å². The summed E-state index contributed by atoms with van der Waals surface area (Å²) in [5, 5.41) is 3.11. The van der Waals surface area contributed by atoms with E-state index >= 15 is 0 Å². The summed E-state index contributed by atoms with van der Waals surface area (Å²) >= 11 is 0. The summed E-state index contributed by atoms with van der Waals surface area (Å²) in [5.41, 5.74) is 1.23. The molecule has 1 aromatic carbocycles. The minimum Gasteiger partial charge on any atom is -0.469 e. The van der Waals surface area contributed by atoms with Crippen LogP contribution in [0, 0.1) is 25.5 Å². The molecule has 1 aromatic heterocycles. The Morgan fingerprint density at radius 3 is 2.53 bits per heavy atom. The van der Waals surface area contributed by atoms with E-state index in [0.29, 0.717) is 17.9 Å². The number of aryl methyl sites for hydroxylation is 2. The van der Waals surface area contributed by atoms with E-state index in [2.05, 4.69) is 5.32 Å². The number of halogens is 2. The smallest absolute Gasteiger partial charge is 0.134 e. The first-order valence-corrected chi connectivity index (χ1v) is 6.28. The number of hydrogen-bond donors (Lipinski definition) is 1. The molecular formula is C15H17F2NO. The van der Waals surface area contributed by atoms with E-state index in [9.17, 15) is 8.78 Å². The van der Waals surface area contributed by atoms with Crippen LogP contribution in [0.5, 0.6) is 0 Å². The molecular weight excluding hydrogens is 248 g/mol. The lowest BCUT2D eigenvalue weighted by molar-refractivity contribution is 0.491. The van der Waals surface area contributed by atoms with Gasteiger partial charge in [-0.25, -0.2) is 8.78 Å². The van der Waals surface area contributed by atoms with E-state index < -0.39 is 17.7 Å². The molecule has 2 aromatic rings. The number of hydrogen-bond acceptors (Lipinski definition) is 2. The van der Waals surface area contributed by atoms with Crippen LogP contribution in [0.2, 0.25) is 0 Å². The summed E-state index contributed by atoms with van der Waals surface area (Å²) < 4.78 is 33.5. The Morgan fingerprint density at radius 1 is 1.21 bits per heavy atom. The molecule has 0 bridgehead atoms. The van der Waals surface area contributed by atoms with Crippen molar-refractivity contribution in [2.75, 3.05) is 6.54 Å². The van der Waals surface area contributed by atoms with Crippen molar-refractivity contribution in [1.29, 1.82) is 0 Å². The highest BCUT2D eigenvalue weighted by Gasteiger charge is 2.24. The van der Waals surface area contributed by atoms with Gasteiger partial charge in [-0.05, 0) is 38.1 Å². The number of rotatable bonds is 4. The zero-order valence-electron chi connectivity index (χ0n) is 11.3. The lowest BCUT2D eigenvalue weighted by Crippen LogP contribution is -2.24. The van der Waals surface area contributed by atoms with Crippen molar-refractivity contribution in [3.8, 4) is 0 Å². The van der Waals surface area contributed by atoms with Gasteiger partial charge >= 0.3 is 0 Å². The van der Waals surface area contributed by atoms with Crippen molar-refractivity contribution in [1.82, 2.24) is 5.32 Å². The van der Waals surface area contributed by atoms with Crippen molar-refractivity contribution in [3.63, 3.8) is 0 Å². The second kappa shape index (κ2) is 5.53. The van der Waals surface area contributed by atoms with Crippen LogP contribution in [-0.4, -0.2) is 6.54 Å². The van der Waals surface area contributed by atoms with E-state index in [1.165, 1.54) is 18.4 Å². The molecule has 2 rings (SSSR count). The van der Waals surface area contributed by atoms with Crippen LogP contribution in [-0.2, 0) is 0 Å². The molecule has 2 nitrogen and oxygen atoms in total. The molecule has 0 amide bonds. The molecule has 0 fully saturated rings. The first kappa shape index (κ1) is 13.7. The highest BCUT2D eigenvalue weighted by molar-refractivity contribution is 5.37. The van der Waals surface area contributed by atoms with Gasteiger partial charge in [0.2, 0.25) is 0 Å². The lowest BCUT2D eigenvalue weighted by Gasteiger charge is -2.20. The van der Waals surface area contributed by atoms with Gasteiger partial charge in [0.15, 0.2) is 0 Å². The standard InChI is InChI=1S/C15H17F2NO/c1-4-18-15(11-7-8-19-10(11)3)13-12(16)6-5-9(2)14(13)17/h5-8,15,18H,4H2,1-3H3. The molecule has 4 heteroatoms. The molecule has 0 aliphatic heterocycles. The highest BCUT2D eigenvalue weighted by Crippen LogP contribution is 2.30. The monoisotopic (exact) mass is 265 g/mol. The first-order valence-electron chi connectivity index (χ1n) is 6.28. The average Bonchev–Trinajstić information content (AvgIpc) is 2.79. The van der Waals surface area contributed by atoms with Gasteiger partial charge in [0.25, 0.3) is 0 Å². The Balaban J connectivity index is 2.57. The molecule has 1 atom stereocenters. The Hall–Kier alpha value is -1.68. The predicted molar refractivity (Wildman–Crippen MR) is 70.1 cm³/mol. The lowest BCUT2D eigenvalue weighted by atomic mass is 9.96. The number of benzene rings is 1. The fraction of sp³-hybridized carbons (Fsp3) is 0.333. The van der Waals surface area contributed by atoms with Gasteiger partial charge in [0, 0.05) is 11.1 Å². The Morgan fingerprint density at radius 2 is 1.95 bits per heavy atom. The van der Waals surface area contributed by atoms with Crippen LogP contribution in [0.4, 0.5) is 8.78 Å². The predicted octanol–water partition coefficient (Wildman–Crippen LogP) is 3.87. The normalized spacial score (nSPS) is 12.7. The van der Waals surface area contributed by atoms with E-state index in [0.717, 1.165) is 5.56 Å². The molecule has 0 spiro atoms. The second-order valence-corrected chi connectivity index (χ2v) is 4.51. The molecule has 102 valence electrons. The van der Waals surface area contributed by atoms with Crippen LogP contribution in [0.15, 0.2) is 28.9 Å². The van der Waals surface area contributed by atoms with Gasteiger partial charge in [-0.2, -0.15) is 0 Å². The van der Waals surface area contributed by atoms with Crippen molar-refractivity contribution in [2.45, 2.75) is 26.8 Å². The summed E-state index contributed by atoms with van der Waals surface area (Å²) in [5.74, 6) is -0.396. The maximum atomic E-state index is 14.2. The van der Waals surface area contributed by atoms with E-state index in [1.807, 2.05) is 6.92 Å². The van der Waals surface area contributed by atoms with Gasteiger partial charge in [-0.1, -0.05) is 13.0 Å².